The van der Waals surface area contributed by atoms with Gasteiger partial charge in [-0.25, -0.2) is 9.37 Å². The lowest BCUT2D eigenvalue weighted by Gasteiger charge is -2.22. The number of aliphatic imine (C=N–C) groups is 1. The number of nitrogens with two attached hydrogens (primary N) is 1. The minimum atomic E-state index is -0.746. The molecule has 1 fully saturated rings. The number of nitrogens with zero attached hydrogens (tertiary/aromatic N) is 2. The van der Waals surface area contributed by atoms with Crippen LogP contribution in [0.4, 0.5) is 15.8 Å². The summed E-state index contributed by atoms with van der Waals surface area (Å²) < 4.78 is 14.0. The minimum absolute atomic E-state index is 0.134. The second-order valence-corrected chi connectivity index (χ2v) is 8.49. The molecule has 1 atom stereocenters. The maximum absolute atomic E-state index is 14.0. The second kappa shape index (κ2) is 12.1. The van der Waals surface area contributed by atoms with Crippen LogP contribution in [-0.2, 0) is 4.79 Å². The Morgan fingerprint density at radius 1 is 1.32 bits per heavy atom. The smallest absolute Gasteiger partial charge is 0.252 e. The molecule has 2 aromatic rings. The SMILES string of the molecule is CN=C/C(=C\N)NC(=O)C(CC1CCCC1)NC(=O)c1cccc(Nc2cc(Cl)ncc2F)c1. The second-order valence-electron chi connectivity index (χ2n) is 8.10. The predicted octanol–water partition coefficient (Wildman–Crippen LogP) is 3.91. The molecule has 1 unspecified atom stereocenters. The Morgan fingerprint density at radius 2 is 2.09 bits per heavy atom. The van der Waals surface area contributed by atoms with Crippen LogP contribution in [0.1, 0.15) is 42.5 Å². The van der Waals surface area contributed by atoms with Crippen LogP contribution < -0.4 is 21.7 Å². The van der Waals surface area contributed by atoms with Gasteiger partial charge in [0.25, 0.3) is 5.91 Å². The van der Waals surface area contributed by atoms with Gasteiger partial charge in [-0.1, -0.05) is 43.4 Å². The van der Waals surface area contributed by atoms with E-state index in [0.717, 1.165) is 31.9 Å². The zero-order valence-electron chi connectivity index (χ0n) is 18.9. The molecule has 180 valence electrons. The van der Waals surface area contributed by atoms with Gasteiger partial charge in [0.05, 0.1) is 17.6 Å². The molecule has 1 aromatic heterocycles. The van der Waals surface area contributed by atoms with E-state index >= 15 is 0 Å². The molecule has 5 N–H and O–H groups in total. The number of pyridine rings is 1. The van der Waals surface area contributed by atoms with Crippen molar-refractivity contribution in [3.05, 3.63) is 65.0 Å². The molecule has 3 rings (SSSR count). The molecule has 0 saturated heterocycles. The molecule has 2 amide bonds. The van der Waals surface area contributed by atoms with Gasteiger partial charge in [-0.05, 0) is 30.5 Å². The number of aromatic nitrogens is 1. The van der Waals surface area contributed by atoms with Crippen molar-refractivity contribution >= 4 is 41.0 Å². The van der Waals surface area contributed by atoms with Crippen molar-refractivity contribution in [1.82, 2.24) is 15.6 Å². The van der Waals surface area contributed by atoms with Crippen LogP contribution in [0.2, 0.25) is 5.15 Å². The third-order valence-corrected chi connectivity index (χ3v) is 5.81. The van der Waals surface area contributed by atoms with Gasteiger partial charge in [-0.15, -0.1) is 0 Å². The van der Waals surface area contributed by atoms with E-state index in [1.54, 1.807) is 31.3 Å². The van der Waals surface area contributed by atoms with Gasteiger partial charge in [0.2, 0.25) is 5.91 Å². The monoisotopic (exact) mass is 486 g/mol. The van der Waals surface area contributed by atoms with Gasteiger partial charge < -0.3 is 21.7 Å². The first-order valence-corrected chi connectivity index (χ1v) is 11.4. The van der Waals surface area contributed by atoms with Crippen LogP contribution in [0.3, 0.4) is 0 Å². The topological polar surface area (TPSA) is 121 Å². The standard InChI is InChI=1S/C24H28ClFN6O2/c1-28-13-18(12-27)31-24(34)21(9-15-5-2-3-6-15)32-23(33)16-7-4-8-17(10-16)30-20-11-22(25)29-14-19(20)26/h4,7-8,10-15,21H,2-3,5-6,9,27H2,1H3,(H,29,30)(H,31,34)(H,32,33)/b18-12+,28-13?. The molecule has 1 aromatic carbocycles. The van der Waals surface area contributed by atoms with Crippen LogP contribution in [0.15, 0.2) is 53.4 Å². The zero-order chi connectivity index (χ0) is 24.5. The fraction of sp³-hybridized carbons (Fsp3) is 0.333. The van der Waals surface area contributed by atoms with E-state index in [0.29, 0.717) is 29.3 Å². The van der Waals surface area contributed by atoms with Gasteiger partial charge in [-0.2, -0.15) is 0 Å². The van der Waals surface area contributed by atoms with Gasteiger partial charge >= 0.3 is 0 Å². The molecule has 0 spiro atoms. The summed E-state index contributed by atoms with van der Waals surface area (Å²) in [7, 11) is 1.57. The van der Waals surface area contributed by atoms with E-state index in [9.17, 15) is 14.0 Å². The fourth-order valence-corrected chi connectivity index (χ4v) is 4.10. The maximum Gasteiger partial charge on any atom is 0.252 e. The number of amides is 2. The molecule has 10 heteroatoms. The number of carbonyl (C=O) groups excluding carboxylic acids is 2. The van der Waals surface area contributed by atoms with Crippen molar-refractivity contribution in [3.63, 3.8) is 0 Å². The largest absolute Gasteiger partial charge is 0.403 e. The highest BCUT2D eigenvalue weighted by molar-refractivity contribution is 6.29. The number of carbonyl (C=O) groups is 2. The van der Waals surface area contributed by atoms with Gasteiger partial charge in [0.15, 0.2) is 5.82 Å². The number of benzene rings is 1. The first-order valence-electron chi connectivity index (χ1n) is 11.0. The summed E-state index contributed by atoms with van der Waals surface area (Å²) in [6.07, 6.45) is 8.51. The van der Waals surface area contributed by atoms with Crippen LogP contribution in [0.5, 0.6) is 0 Å². The number of nitrogens with one attached hydrogen (secondary N) is 3. The van der Waals surface area contributed by atoms with Crippen molar-refractivity contribution in [2.75, 3.05) is 12.4 Å². The molecule has 0 aliphatic heterocycles. The van der Waals surface area contributed by atoms with Crippen molar-refractivity contribution in [3.8, 4) is 0 Å². The van der Waals surface area contributed by atoms with Crippen molar-refractivity contribution in [1.29, 1.82) is 0 Å². The van der Waals surface area contributed by atoms with Crippen LogP contribution in [0.25, 0.3) is 0 Å². The lowest BCUT2D eigenvalue weighted by molar-refractivity contribution is -0.122. The Bertz CT molecular complexity index is 1080. The highest BCUT2D eigenvalue weighted by Crippen LogP contribution is 2.29. The van der Waals surface area contributed by atoms with Crippen molar-refractivity contribution in [2.24, 2.45) is 16.6 Å². The molecule has 34 heavy (non-hydrogen) atoms. The normalized spacial score (nSPS) is 15.3. The number of anilines is 2. The highest BCUT2D eigenvalue weighted by Gasteiger charge is 2.27. The average molecular weight is 487 g/mol. The summed E-state index contributed by atoms with van der Waals surface area (Å²) in [5.74, 6) is -1.00. The number of halogens is 2. The Labute approximate surface area is 202 Å². The highest BCUT2D eigenvalue weighted by atomic mass is 35.5. The molecule has 1 aliphatic carbocycles. The van der Waals surface area contributed by atoms with E-state index < -0.39 is 17.8 Å². The summed E-state index contributed by atoms with van der Waals surface area (Å²) in [6, 6.07) is 7.16. The van der Waals surface area contributed by atoms with Gasteiger partial charge in [0.1, 0.15) is 11.2 Å². The van der Waals surface area contributed by atoms with E-state index in [-0.39, 0.29) is 16.7 Å². The van der Waals surface area contributed by atoms with Crippen LogP contribution >= 0.6 is 11.6 Å². The third-order valence-electron chi connectivity index (χ3n) is 5.61. The first-order chi connectivity index (χ1) is 16.4. The predicted molar refractivity (Wildman–Crippen MR) is 132 cm³/mol. The molecule has 1 saturated carbocycles. The molecule has 0 radical (unpaired) electrons. The number of hydrogen-bond acceptors (Lipinski definition) is 6. The maximum atomic E-state index is 14.0. The van der Waals surface area contributed by atoms with Crippen molar-refractivity contribution < 1.29 is 14.0 Å². The zero-order valence-corrected chi connectivity index (χ0v) is 19.6. The van der Waals surface area contributed by atoms with Gasteiger partial charge in [0, 0.05) is 36.8 Å². The van der Waals surface area contributed by atoms with Gasteiger partial charge in [-0.3, -0.25) is 14.6 Å². The molecule has 0 bridgehead atoms. The number of allylic oxidation sites excluding steroid dienone is 1. The van der Waals surface area contributed by atoms with E-state index in [4.69, 9.17) is 17.3 Å². The summed E-state index contributed by atoms with van der Waals surface area (Å²) in [6.45, 7) is 0. The Kier molecular flexibility index (Phi) is 8.98. The van der Waals surface area contributed by atoms with Crippen LogP contribution in [0, 0.1) is 11.7 Å². The minimum Gasteiger partial charge on any atom is -0.403 e. The van der Waals surface area contributed by atoms with E-state index in [1.165, 1.54) is 18.5 Å². The quantitative estimate of drug-likeness (QED) is 0.316. The average Bonchev–Trinajstić information content (AvgIpc) is 3.34. The molecular weight excluding hydrogens is 459 g/mol. The molecule has 1 heterocycles. The van der Waals surface area contributed by atoms with Crippen molar-refractivity contribution in [2.45, 2.75) is 38.1 Å². The lowest BCUT2D eigenvalue weighted by Crippen LogP contribution is -2.47. The van der Waals surface area contributed by atoms with Crippen LogP contribution in [-0.4, -0.2) is 36.1 Å². The first kappa shape index (κ1) is 25.2. The molecular formula is C24H28ClFN6O2. The Balaban J connectivity index is 1.75. The lowest BCUT2D eigenvalue weighted by atomic mass is 9.97. The van der Waals surface area contributed by atoms with E-state index in [2.05, 4.69) is 25.9 Å². The number of rotatable bonds is 9. The Hall–Kier alpha value is -3.46. The summed E-state index contributed by atoms with van der Waals surface area (Å²) in [5.41, 5.74) is 6.85. The summed E-state index contributed by atoms with van der Waals surface area (Å²) in [5, 5.41) is 8.59. The molecule has 1 aliphatic rings. The Morgan fingerprint density at radius 3 is 2.79 bits per heavy atom. The van der Waals surface area contributed by atoms with E-state index in [1.807, 2.05) is 0 Å². The number of hydrogen-bond donors (Lipinski definition) is 4. The summed E-state index contributed by atoms with van der Waals surface area (Å²) in [4.78, 5) is 33.6. The summed E-state index contributed by atoms with van der Waals surface area (Å²) >= 11 is 5.85. The third kappa shape index (κ3) is 7.02. The fourth-order valence-electron chi connectivity index (χ4n) is 3.94. The molecule has 8 nitrogen and oxygen atoms in total.